The Morgan fingerprint density at radius 2 is 2.00 bits per heavy atom. The van der Waals surface area contributed by atoms with Gasteiger partial charge in [-0.15, -0.1) is 5.10 Å². The largest absolute Gasteiger partial charge is 0.464 e. The molecule has 6 rings (SSSR count). The molecule has 1 aromatic carbocycles. The minimum atomic E-state index is -2.94. The maximum atomic E-state index is 13.9. The molecular formula is C28H23ClF2N8O3. The van der Waals surface area contributed by atoms with Gasteiger partial charge in [0.05, 0.1) is 29.5 Å². The smallest absolute Gasteiger partial charge is 0.333 e. The van der Waals surface area contributed by atoms with Crippen molar-refractivity contribution in [1.29, 1.82) is 0 Å². The number of alkyl halides is 2. The Hall–Kier alpha value is -4.78. The molecule has 0 fully saturated rings. The standard InChI is InChI=1S/C28H23ClF2N8O3/c1-15-3-2-4-18(21-9-16(7-8-32-21)26-22(35-27(15)41)12-34-39(26)28(30)31)20-13-42-25(11-24(20)40)19-10-17(29)5-6-23(19)38-14-33-36-37-38/h5-15,18,28H,2-4H2,1H3,(H,35,41)/t15-,18+/m1/s1. The number of pyridine rings is 1. The predicted octanol–water partition coefficient (Wildman–Crippen LogP) is 5.48. The van der Waals surface area contributed by atoms with Gasteiger partial charge >= 0.3 is 6.55 Å². The Balaban J connectivity index is 1.45. The third kappa shape index (κ3) is 5.18. The number of tetrazole rings is 1. The first-order valence-corrected chi connectivity index (χ1v) is 13.5. The highest BCUT2D eigenvalue weighted by Crippen LogP contribution is 2.36. The van der Waals surface area contributed by atoms with Crippen molar-refractivity contribution in [3.63, 3.8) is 0 Å². The summed E-state index contributed by atoms with van der Waals surface area (Å²) in [6, 6.07) is 9.60. The lowest BCUT2D eigenvalue weighted by Crippen LogP contribution is -2.22. The average Bonchev–Trinajstić information content (AvgIpc) is 3.66. The number of carbonyl (C=O) groups is 1. The summed E-state index contributed by atoms with van der Waals surface area (Å²) in [5, 5.41) is 18.2. The van der Waals surface area contributed by atoms with Crippen LogP contribution in [0.3, 0.4) is 0 Å². The van der Waals surface area contributed by atoms with Gasteiger partial charge in [-0.25, -0.2) is 4.68 Å². The zero-order chi connectivity index (χ0) is 29.4. The van der Waals surface area contributed by atoms with E-state index in [1.807, 2.05) is 0 Å². The Labute approximate surface area is 242 Å². The van der Waals surface area contributed by atoms with E-state index in [-0.39, 0.29) is 28.5 Å². The van der Waals surface area contributed by atoms with Crippen LogP contribution in [0.1, 0.15) is 49.9 Å². The molecule has 2 atom stereocenters. The zero-order valence-electron chi connectivity index (χ0n) is 22.1. The molecule has 14 heteroatoms. The van der Waals surface area contributed by atoms with Crippen molar-refractivity contribution in [3.8, 4) is 28.3 Å². The minimum absolute atomic E-state index is 0.0481. The molecule has 0 saturated heterocycles. The molecule has 0 aliphatic carbocycles. The van der Waals surface area contributed by atoms with Crippen LogP contribution in [0.5, 0.6) is 0 Å². The molecule has 42 heavy (non-hydrogen) atoms. The number of fused-ring (bicyclic) bond motifs is 4. The summed E-state index contributed by atoms with van der Waals surface area (Å²) in [5.41, 5.74) is 2.18. The fraction of sp³-hybridized carbons (Fsp3) is 0.250. The Morgan fingerprint density at radius 3 is 2.76 bits per heavy atom. The average molecular weight is 593 g/mol. The summed E-state index contributed by atoms with van der Waals surface area (Å²) in [7, 11) is 0. The highest BCUT2D eigenvalue weighted by atomic mass is 35.5. The summed E-state index contributed by atoms with van der Waals surface area (Å²) in [6.07, 6.45) is 7.05. The van der Waals surface area contributed by atoms with Crippen molar-refractivity contribution < 1.29 is 18.0 Å². The number of nitrogens with one attached hydrogen (secondary N) is 1. The van der Waals surface area contributed by atoms with E-state index >= 15 is 0 Å². The number of amides is 1. The summed E-state index contributed by atoms with van der Waals surface area (Å²) < 4.78 is 35.8. The SMILES string of the molecule is C[C@@H]1CCC[C@@H](c2coc(-c3cc(Cl)ccc3-n3cnnn3)cc2=O)c2cc(ccn2)-c2c(cnn2C(F)F)NC1=O. The third-order valence-electron chi connectivity index (χ3n) is 7.28. The fourth-order valence-corrected chi connectivity index (χ4v) is 5.32. The molecule has 0 unspecified atom stereocenters. The molecule has 1 N–H and O–H groups in total. The van der Waals surface area contributed by atoms with Crippen molar-refractivity contribution >= 4 is 23.2 Å². The molecule has 5 heterocycles. The molecule has 0 radical (unpaired) electrons. The van der Waals surface area contributed by atoms with Crippen molar-refractivity contribution in [2.45, 2.75) is 38.7 Å². The fourth-order valence-electron chi connectivity index (χ4n) is 5.15. The Bertz CT molecular complexity index is 1820. The molecule has 11 nitrogen and oxygen atoms in total. The first kappa shape index (κ1) is 27.4. The quantitative estimate of drug-likeness (QED) is 0.290. The summed E-state index contributed by atoms with van der Waals surface area (Å²) in [5.74, 6) is -0.997. The van der Waals surface area contributed by atoms with E-state index in [1.165, 1.54) is 35.7 Å². The highest BCUT2D eigenvalue weighted by Gasteiger charge is 2.27. The van der Waals surface area contributed by atoms with Crippen LogP contribution in [-0.4, -0.2) is 40.9 Å². The number of aromatic nitrogens is 7. The number of anilines is 1. The number of halogens is 3. The number of hydrogen-bond donors (Lipinski definition) is 1. The van der Waals surface area contributed by atoms with Gasteiger partial charge in [0, 0.05) is 51.5 Å². The van der Waals surface area contributed by atoms with Crippen LogP contribution < -0.4 is 10.7 Å². The highest BCUT2D eigenvalue weighted by molar-refractivity contribution is 6.31. The summed E-state index contributed by atoms with van der Waals surface area (Å²) in [6.45, 7) is -1.17. The summed E-state index contributed by atoms with van der Waals surface area (Å²) in [4.78, 5) is 31.0. The molecule has 4 aromatic heterocycles. The van der Waals surface area contributed by atoms with Crippen LogP contribution in [0, 0.1) is 5.92 Å². The lowest BCUT2D eigenvalue weighted by Gasteiger charge is -2.20. The Kier molecular flexibility index (Phi) is 7.33. The lowest BCUT2D eigenvalue weighted by atomic mass is 9.88. The molecule has 214 valence electrons. The second-order valence-corrected chi connectivity index (χ2v) is 10.4. The van der Waals surface area contributed by atoms with Gasteiger partial charge in [0.2, 0.25) is 5.91 Å². The predicted molar refractivity (Wildman–Crippen MR) is 148 cm³/mol. The van der Waals surface area contributed by atoms with Gasteiger partial charge in [0.15, 0.2) is 5.43 Å². The van der Waals surface area contributed by atoms with Crippen LogP contribution in [0.25, 0.3) is 28.3 Å². The van der Waals surface area contributed by atoms with Crippen molar-refractivity contribution in [2.24, 2.45) is 5.92 Å². The second kappa shape index (κ2) is 11.2. The molecule has 2 bridgehead atoms. The van der Waals surface area contributed by atoms with Gasteiger partial charge in [0.25, 0.3) is 0 Å². The van der Waals surface area contributed by atoms with Gasteiger partial charge < -0.3 is 9.73 Å². The topological polar surface area (TPSA) is 134 Å². The van der Waals surface area contributed by atoms with E-state index in [0.29, 0.717) is 57.0 Å². The number of hydrogen-bond acceptors (Lipinski definition) is 8. The Morgan fingerprint density at radius 1 is 1.14 bits per heavy atom. The van der Waals surface area contributed by atoms with Gasteiger partial charge in [-0.3, -0.25) is 14.6 Å². The zero-order valence-corrected chi connectivity index (χ0v) is 22.9. The van der Waals surface area contributed by atoms with Crippen LogP contribution in [0.4, 0.5) is 14.5 Å². The van der Waals surface area contributed by atoms with Crippen LogP contribution in [0.15, 0.2) is 70.6 Å². The van der Waals surface area contributed by atoms with Crippen LogP contribution in [-0.2, 0) is 4.79 Å². The normalized spacial score (nSPS) is 17.3. The molecule has 0 spiro atoms. The van der Waals surface area contributed by atoms with Gasteiger partial charge in [-0.2, -0.15) is 18.6 Å². The van der Waals surface area contributed by atoms with E-state index in [4.69, 9.17) is 16.0 Å². The number of nitrogens with zero attached hydrogens (tertiary/aromatic N) is 7. The van der Waals surface area contributed by atoms with Gasteiger partial charge in [-0.1, -0.05) is 24.9 Å². The summed E-state index contributed by atoms with van der Waals surface area (Å²) >= 11 is 6.26. The monoisotopic (exact) mass is 592 g/mol. The van der Waals surface area contributed by atoms with E-state index < -0.39 is 18.4 Å². The number of rotatable bonds is 4. The van der Waals surface area contributed by atoms with Crippen molar-refractivity contribution in [1.82, 2.24) is 35.0 Å². The van der Waals surface area contributed by atoms with E-state index in [0.717, 1.165) is 0 Å². The van der Waals surface area contributed by atoms with E-state index in [2.05, 4.69) is 30.9 Å². The molecule has 1 aliphatic rings. The van der Waals surface area contributed by atoms with Gasteiger partial charge in [0.1, 0.15) is 12.1 Å². The van der Waals surface area contributed by atoms with E-state index in [9.17, 15) is 18.4 Å². The van der Waals surface area contributed by atoms with Crippen LogP contribution in [0.2, 0.25) is 5.02 Å². The maximum absolute atomic E-state index is 13.9. The van der Waals surface area contributed by atoms with Crippen molar-refractivity contribution in [3.05, 3.63) is 87.9 Å². The molecule has 5 aromatic rings. The minimum Gasteiger partial charge on any atom is -0.464 e. The third-order valence-corrected chi connectivity index (χ3v) is 7.52. The first-order valence-electron chi connectivity index (χ1n) is 13.1. The molecule has 1 amide bonds. The molecular weight excluding hydrogens is 570 g/mol. The van der Waals surface area contributed by atoms with E-state index in [1.54, 1.807) is 37.3 Å². The molecule has 0 saturated carbocycles. The van der Waals surface area contributed by atoms with Crippen molar-refractivity contribution in [2.75, 3.05) is 5.32 Å². The van der Waals surface area contributed by atoms with Crippen LogP contribution >= 0.6 is 11.6 Å². The second-order valence-electron chi connectivity index (χ2n) is 9.95. The number of benzene rings is 1. The first-order chi connectivity index (χ1) is 20.3. The molecule has 1 aliphatic heterocycles. The van der Waals surface area contributed by atoms with Gasteiger partial charge in [-0.05, 0) is 53.6 Å². The lowest BCUT2D eigenvalue weighted by molar-refractivity contribution is -0.119. The maximum Gasteiger partial charge on any atom is 0.333 e. The number of carbonyl (C=O) groups excluding carboxylic acids is 1.